The monoisotopic (exact) mass is 334 g/mol. The molecule has 3 N–H and O–H groups in total. The molecule has 0 atom stereocenters. The minimum atomic E-state index is -1.34. The summed E-state index contributed by atoms with van der Waals surface area (Å²) >= 11 is 0. The number of rotatable bonds is 5. The smallest absolute Gasteiger partial charge is 0.408 e. The average Bonchev–Trinajstić information content (AvgIpc) is 2.55. The Bertz CT molecular complexity index is 551. The molecule has 6 heteroatoms. The number of amides is 1. The van der Waals surface area contributed by atoms with Crippen LogP contribution in [0.1, 0.15) is 45.1 Å². The Morgan fingerprint density at radius 2 is 1.79 bits per heavy atom. The van der Waals surface area contributed by atoms with Gasteiger partial charge in [0, 0.05) is 12.1 Å². The molecule has 0 saturated heterocycles. The second kappa shape index (κ2) is 8.15. The van der Waals surface area contributed by atoms with Crippen molar-refractivity contribution in [2.45, 2.75) is 63.8 Å². The van der Waals surface area contributed by atoms with Gasteiger partial charge in [0.2, 0.25) is 5.60 Å². The number of ether oxygens (including phenoxy) is 2. The van der Waals surface area contributed by atoms with E-state index in [0.29, 0.717) is 0 Å². The number of hydrogen-bond donors (Lipinski definition) is 2. The zero-order valence-corrected chi connectivity index (χ0v) is 14.3. The van der Waals surface area contributed by atoms with Crippen LogP contribution in [0.4, 0.5) is 4.79 Å². The lowest BCUT2D eigenvalue weighted by Crippen LogP contribution is -2.46. The Labute approximate surface area is 142 Å². The number of carbonyl (C=O) groups excluding carboxylic acids is 2. The number of carbonyl (C=O) groups is 2. The minimum Gasteiger partial charge on any atom is -0.458 e. The number of esters is 1. The maximum absolute atomic E-state index is 12.2. The van der Waals surface area contributed by atoms with Crippen molar-refractivity contribution in [3.05, 3.63) is 35.9 Å². The highest BCUT2D eigenvalue weighted by molar-refractivity contribution is 5.82. The first kappa shape index (κ1) is 18.3. The van der Waals surface area contributed by atoms with Gasteiger partial charge in [0.05, 0.1) is 0 Å². The molecule has 0 spiro atoms. The molecule has 0 aromatic heterocycles. The molecule has 0 aliphatic heterocycles. The zero-order chi connectivity index (χ0) is 17.6. The first-order valence-electron chi connectivity index (χ1n) is 8.33. The van der Waals surface area contributed by atoms with Crippen molar-refractivity contribution >= 4 is 12.1 Å². The highest BCUT2D eigenvalue weighted by Gasteiger charge is 2.34. The molecule has 1 fully saturated rings. The highest BCUT2D eigenvalue weighted by atomic mass is 16.6. The highest BCUT2D eigenvalue weighted by Crippen LogP contribution is 2.18. The Kier molecular flexibility index (Phi) is 6.20. The normalized spacial score (nSPS) is 21.0. The van der Waals surface area contributed by atoms with E-state index in [4.69, 9.17) is 15.2 Å². The van der Waals surface area contributed by atoms with Gasteiger partial charge in [-0.15, -0.1) is 0 Å². The van der Waals surface area contributed by atoms with E-state index in [1.165, 1.54) is 13.8 Å². The molecule has 0 bridgehead atoms. The topological polar surface area (TPSA) is 90.6 Å². The van der Waals surface area contributed by atoms with Gasteiger partial charge in [-0.2, -0.15) is 0 Å². The van der Waals surface area contributed by atoms with Crippen LogP contribution in [0.15, 0.2) is 30.3 Å². The predicted octanol–water partition coefficient (Wildman–Crippen LogP) is 2.50. The molecule has 0 radical (unpaired) electrons. The number of nitrogens with two attached hydrogens (primary N) is 1. The molecule has 1 aliphatic rings. The number of alkyl carbamates (subject to hydrolysis) is 1. The van der Waals surface area contributed by atoms with Gasteiger partial charge in [-0.05, 0) is 45.1 Å². The Hall–Kier alpha value is -2.08. The third kappa shape index (κ3) is 5.53. The first-order chi connectivity index (χ1) is 11.4. The summed E-state index contributed by atoms with van der Waals surface area (Å²) in [6, 6.07) is 9.61. The quantitative estimate of drug-likeness (QED) is 0.807. The van der Waals surface area contributed by atoms with Gasteiger partial charge in [-0.3, -0.25) is 0 Å². The molecular weight excluding hydrogens is 308 g/mol. The zero-order valence-electron chi connectivity index (χ0n) is 14.3. The Morgan fingerprint density at radius 1 is 1.17 bits per heavy atom. The molecule has 1 aromatic rings. The molecule has 24 heavy (non-hydrogen) atoms. The van der Waals surface area contributed by atoms with Gasteiger partial charge < -0.3 is 20.5 Å². The standard InChI is InChI=1S/C18H26N2O4/c1-18(2,16(21)23-12-13-6-4-3-5-7-13)24-17(22)20-15-10-8-14(19)9-11-15/h3-7,14-15H,8-12,19H2,1-2H3,(H,20,22). The summed E-state index contributed by atoms with van der Waals surface area (Å²) in [4.78, 5) is 24.2. The summed E-state index contributed by atoms with van der Waals surface area (Å²) in [5, 5.41) is 2.80. The van der Waals surface area contributed by atoms with Crippen LogP contribution >= 0.6 is 0 Å². The van der Waals surface area contributed by atoms with Crippen LogP contribution < -0.4 is 11.1 Å². The van der Waals surface area contributed by atoms with E-state index >= 15 is 0 Å². The molecule has 0 heterocycles. The van der Waals surface area contributed by atoms with E-state index in [1.807, 2.05) is 30.3 Å². The van der Waals surface area contributed by atoms with Crippen LogP contribution in [0.25, 0.3) is 0 Å². The number of hydrogen-bond acceptors (Lipinski definition) is 5. The lowest BCUT2D eigenvalue weighted by Gasteiger charge is -2.28. The van der Waals surface area contributed by atoms with Gasteiger partial charge in [0.25, 0.3) is 0 Å². The van der Waals surface area contributed by atoms with E-state index in [2.05, 4.69) is 5.32 Å². The molecule has 6 nitrogen and oxygen atoms in total. The van der Waals surface area contributed by atoms with Crippen molar-refractivity contribution in [1.82, 2.24) is 5.32 Å². The molecule has 1 aliphatic carbocycles. The summed E-state index contributed by atoms with van der Waals surface area (Å²) in [7, 11) is 0. The van der Waals surface area contributed by atoms with Crippen molar-refractivity contribution in [3.63, 3.8) is 0 Å². The van der Waals surface area contributed by atoms with Crippen molar-refractivity contribution in [3.8, 4) is 0 Å². The molecule has 0 unspecified atom stereocenters. The third-order valence-corrected chi connectivity index (χ3v) is 4.15. The fraction of sp³-hybridized carbons (Fsp3) is 0.556. The lowest BCUT2D eigenvalue weighted by atomic mass is 9.92. The van der Waals surface area contributed by atoms with Gasteiger partial charge in [0.15, 0.2) is 0 Å². The summed E-state index contributed by atoms with van der Waals surface area (Å²) in [5.41, 5.74) is 5.38. The fourth-order valence-electron chi connectivity index (χ4n) is 2.63. The Morgan fingerprint density at radius 3 is 2.42 bits per heavy atom. The first-order valence-corrected chi connectivity index (χ1v) is 8.33. The second-order valence-corrected chi connectivity index (χ2v) is 6.72. The largest absolute Gasteiger partial charge is 0.458 e. The van der Waals surface area contributed by atoms with Crippen LogP contribution in [-0.2, 0) is 20.9 Å². The SMILES string of the molecule is CC(C)(OC(=O)NC1CCC(N)CC1)C(=O)OCc1ccccc1. The third-order valence-electron chi connectivity index (χ3n) is 4.15. The van der Waals surface area contributed by atoms with Crippen LogP contribution in [-0.4, -0.2) is 29.7 Å². The van der Waals surface area contributed by atoms with Crippen molar-refractivity contribution in [2.75, 3.05) is 0 Å². The average molecular weight is 334 g/mol. The number of nitrogens with one attached hydrogen (secondary N) is 1. The van der Waals surface area contributed by atoms with Gasteiger partial charge in [-0.25, -0.2) is 9.59 Å². The van der Waals surface area contributed by atoms with Gasteiger partial charge >= 0.3 is 12.1 Å². The van der Waals surface area contributed by atoms with E-state index in [1.54, 1.807) is 0 Å². The van der Waals surface area contributed by atoms with E-state index in [-0.39, 0.29) is 18.7 Å². The maximum Gasteiger partial charge on any atom is 0.408 e. The van der Waals surface area contributed by atoms with E-state index < -0.39 is 17.7 Å². The van der Waals surface area contributed by atoms with E-state index in [0.717, 1.165) is 31.2 Å². The van der Waals surface area contributed by atoms with Crippen molar-refractivity contribution < 1.29 is 19.1 Å². The molecule has 1 saturated carbocycles. The van der Waals surface area contributed by atoms with Crippen molar-refractivity contribution in [2.24, 2.45) is 5.73 Å². The van der Waals surface area contributed by atoms with Gasteiger partial charge in [-0.1, -0.05) is 30.3 Å². The molecule has 2 rings (SSSR count). The predicted molar refractivity (Wildman–Crippen MR) is 90.2 cm³/mol. The molecule has 1 amide bonds. The van der Waals surface area contributed by atoms with Crippen LogP contribution in [0.5, 0.6) is 0 Å². The number of benzene rings is 1. The fourth-order valence-corrected chi connectivity index (χ4v) is 2.63. The molecule has 132 valence electrons. The van der Waals surface area contributed by atoms with Crippen LogP contribution in [0.2, 0.25) is 0 Å². The van der Waals surface area contributed by atoms with Gasteiger partial charge in [0.1, 0.15) is 6.61 Å². The summed E-state index contributed by atoms with van der Waals surface area (Å²) in [6.45, 7) is 3.20. The Balaban J connectivity index is 1.78. The van der Waals surface area contributed by atoms with Crippen molar-refractivity contribution in [1.29, 1.82) is 0 Å². The maximum atomic E-state index is 12.2. The van der Waals surface area contributed by atoms with Crippen LogP contribution in [0.3, 0.4) is 0 Å². The summed E-state index contributed by atoms with van der Waals surface area (Å²) < 4.78 is 10.5. The van der Waals surface area contributed by atoms with E-state index in [9.17, 15) is 9.59 Å². The summed E-state index contributed by atoms with van der Waals surface area (Å²) in [6.07, 6.45) is 2.82. The second-order valence-electron chi connectivity index (χ2n) is 6.72. The van der Waals surface area contributed by atoms with Crippen LogP contribution in [0, 0.1) is 0 Å². The minimum absolute atomic E-state index is 0.0495. The lowest BCUT2D eigenvalue weighted by molar-refractivity contribution is -0.163. The summed E-state index contributed by atoms with van der Waals surface area (Å²) in [5.74, 6) is -0.577. The molecular formula is C18H26N2O4. The molecule has 1 aromatic carbocycles.